The average Bonchev–Trinajstić information content (AvgIpc) is 3.63. The van der Waals surface area contributed by atoms with Crippen LogP contribution in [0, 0.1) is 0 Å². The number of fused-ring (bicyclic) bond motifs is 3. The molecule has 0 aliphatic carbocycles. The predicted octanol–water partition coefficient (Wildman–Crippen LogP) is 6.59. The molecule has 0 atom stereocenters. The van der Waals surface area contributed by atoms with Gasteiger partial charge in [0.25, 0.3) is 0 Å². The summed E-state index contributed by atoms with van der Waals surface area (Å²) in [5, 5.41) is 5.77. The molecule has 2 N–H and O–H groups in total. The molecule has 2 aromatic heterocycles. The molecule has 2 amide bonds. The Labute approximate surface area is 297 Å². The number of benzene rings is 3. The SMILES string of the molecule is CCS(=O)(=O)N(C)c1cc(C(C)(C)C)cc(OC)c1NC(=O)NCc1ccccc1Oc1nc2sc3ccccc3n2c1CN1CCOCC1. The number of rotatable bonds is 11. The van der Waals surface area contributed by atoms with Gasteiger partial charge in [-0.3, -0.25) is 13.6 Å². The standard InChI is InChI=1S/C36H44N6O6S2/c1-7-50(44,45)40(5)27-20-25(36(2,3)4)21-30(46-6)32(27)38-34(43)37-22-24-12-8-10-14-29(24)48-33-28(23-41-16-18-47-19-17-41)42-26-13-9-11-15-31(26)49-35(42)39-33/h8-15,20-21H,7,16-19,22-23H2,1-6H3,(H2,37,38,43). The molecule has 12 nitrogen and oxygen atoms in total. The molecule has 50 heavy (non-hydrogen) atoms. The number of carbonyl (C=O) groups is 1. The molecule has 6 rings (SSSR count). The minimum Gasteiger partial charge on any atom is -0.494 e. The van der Waals surface area contributed by atoms with E-state index in [4.69, 9.17) is 19.2 Å². The highest BCUT2D eigenvalue weighted by atomic mass is 32.2. The smallest absolute Gasteiger partial charge is 0.319 e. The summed E-state index contributed by atoms with van der Waals surface area (Å²) in [6, 6.07) is 18.8. The van der Waals surface area contributed by atoms with E-state index in [9.17, 15) is 13.2 Å². The van der Waals surface area contributed by atoms with E-state index in [1.807, 2.05) is 63.2 Å². The molecule has 1 saturated heterocycles. The van der Waals surface area contributed by atoms with Crippen LogP contribution in [0.2, 0.25) is 0 Å². The Bertz CT molecular complexity index is 2110. The van der Waals surface area contributed by atoms with Crippen molar-refractivity contribution in [2.75, 3.05) is 55.8 Å². The maximum atomic E-state index is 13.5. The van der Waals surface area contributed by atoms with Gasteiger partial charge >= 0.3 is 6.03 Å². The Kier molecular flexibility index (Phi) is 10.3. The van der Waals surface area contributed by atoms with Gasteiger partial charge in [0, 0.05) is 38.8 Å². The van der Waals surface area contributed by atoms with Gasteiger partial charge in [0.1, 0.15) is 22.9 Å². The summed E-state index contributed by atoms with van der Waals surface area (Å²) in [6.45, 7) is 11.4. The summed E-state index contributed by atoms with van der Waals surface area (Å²) in [7, 11) is -0.673. The number of morpholine rings is 1. The van der Waals surface area contributed by atoms with Crippen LogP contribution in [0.3, 0.4) is 0 Å². The lowest BCUT2D eigenvalue weighted by Crippen LogP contribution is -2.36. The first-order chi connectivity index (χ1) is 23.9. The molecular formula is C36H44N6O6S2. The maximum Gasteiger partial charge on any atom is 0.319 e. The van der Waals surface area contributed by atoms with Crippen molar-refractivity contribution in [2.24, 2.45) is 0 Å². The third-order valence-corrected chi connectivity index (χ3v) is 11.6. The number of hydrogen-bond acceptors (Lipinski definition) is 9. The fraction of sp³-hybridized carbons (Fsp3) is 0.389. The summed E-state index contributed by atoms with van der Waals surface area (Å²) in [5.41, 5.74) is 3.89. The molecule has 1 aliphatic heterocycles. The van der Waals surface area contributed by atoms with E-state index in [2.05, 4.69) is 32.1 Å². The zero-order valence-corrected chi connectivity index (χ0v) is 30.9. The van der Waals surface area contributed by atoms with E-state index in [0.29, 0.717) is 42.8 Å². The number of anilines is 2. The van der Waals surface area contributed by atoms with E-state index >= 15 is 0 Å². The van der Waals surface area contributed by atoms with E-state index in [0.717, 1.165) is 45.1 Å². The summed E-state index contributed by atoms with van der Waals surface area (Å²) in [5.74, 6) is 1.32. The molecule has 0 bridgehead atoms. The van der Waals surface area contributed by atoms with Crippen molar-refractivity contribution in [3.63, 3.8) is 0 Å². The Morgan fingerprint density at radius 2 is 1.78 bits per heavy atom. The molecule has 1 aliphatic rings. The number of urea groups is 1. The fourth-order valence-corrected chi connectivity index (χ4v) is 7.71. The molecule has 0 saturated carbocycles. The Morgan fingerprint density at radius 3 is 2.50 bits per heavy atom. The summed E-state index contributed by atoms with van der Waals surface area (Å²) >= 11 is 1.61. The largest absolute Gasteiger partial charge is 0.494 e. The number of carbonyl (C=O) groups excluding carboxylic acids is 1. The van der Waals surface area contributed by atoms with Gasteiger partial charge in [-0.1, -0.05) is 62.4 Å². The second kappa shape index (κ2) is 14.5. The van der Waals surface area contributed by atoms with Crippen molar-refractivity contribution in [1.29, 1.82) is 0 Å². The molecule has 266 valence electrons. The van der Waals surface area contributed by atoms with Crippen LogP contribution in [0.25, 0.3) is 15.2 Å². The van der Waals surface area contributed by atoms with Crippen LogP contribution in [-0.2, 0) is 33.3 Å². The average molecular weight is 721 g/mol. The number of aromatic nitrogens is 2. The van der Waals surface area contributed by atoms with Crippen molar-refractivity contribution in [3.8, 4) is 17.4 Å². The molecule has 1 fully saturated rings. The predicted molar refractivity (Wildman–Crippen MR) is 199 cm³/mol. The highest BCUT2D eigenvalue weighted by molar-refractivity contribution is 7.92. The van der Waals surface area contributed by atoms with Crippen LogP contribution in [0.15, 0.2) is 60.7 Å². The first-order valence-corrected chi connectivity index (χ1v) is 19.0. The molecule has 0 spiro atoms. The van der Waals surface area contributed by atoms with Gasteiger partial charge in [-0.15, -0.1) is 0 Å². The third kappa shape index (κ3) is 7.38. The van der Waals surface area contributed by atoms with Crippen molar-refractivity contribution in [3.05, 3.63) is 77.5 Å². The van der Waals surface area contributed by atoms with Gasteiger partial charge in [0.15, 0.2) is 4.96 Å². The highest BCUT2D eigenvalue weighted by Crippen LogP contribution is 2.41. The molecule has 0 radical (unpaired) electrons. The first kappa shape index (κ1) is 35.5. The number of hydrogen-bond donors (Lipinski definition) is 2. The highest BCUT2D eigenvalue weighted by Gasteiger charge is 2.27. The number of sulfonamides is 1. The van der Waals surface area contributed by atoms with E-state index < -0.39 is 16.1 Å². The summed E-state index contributed by atoms with van der Waals surface area (Å²) < 4.78 is 48.3. The lowest BCUT2D eigenvalue weighted by atomic mass is 9.86. The van der Waals surface area contributed by atoms with Gasteiger partial charge in [-0.2, -0.15) is 4.98 Å². The second-order valence-electron chi connectivity index (χ2n) is 13.1. The Morgan fingerprint density at radius 1 is 1.06 bits per heavy atom. The minimum atomic E-state index is -3.65. The van der Waals surface area contributed by atoms with Crippen LogP contribution in [-0.4, -0.2) is 74.9 Å². The van der Waals surface area contributed by atoms with Crippen LogP contribution in [0.4, 0.5) is 16.2 Å². The Balaban J connectivity index is 1.26. The number of nitrogens with zero attached hydrogens (tertiary/aromatic N) is 4. The monoisotopic (exact) mass is 720 g/mol. The van der Waals surface area contributed by atoms with Crippen molar-refractivity contribution in [1.82, 2.24) is 19.6 Å². The van der Waals surface area contributed by atoms with Crippen molar-refractivity contribution < 1.29 is 27.4 Å². The zero-order valence-electron chi connectivity index (χ0n) is 29.3. The number of amides is 2. The van der Waals surface area contributed by atoms with Gasteiger partial charge in [-0.05, 0) is 48.2 Å². The minimum absolute atomic E-state index is 0.104. The molecule has 5 aromatic rings. The summed E-state index contributed by atoms with van der Waals surface area (Å²) in [4.78, 5) is 21.6. The topological polar surface area (TPSA) is 127 Å². The number of para-hydroxylation sites is 2. The van der Waals surface area contributed by atoms with E-state index in [1.165, 1.54) is 18.5 Å². The van der Waals surface area contributed by atoms with E-state index in [1.54, 1.807) is 24.3 Å². The second-order valence-corrected chi connectivity index (χ2v) is 16.4. The number of thiazole rings is 1. The van der Waals surface area contributed by atoms with Crippen LogP contribution >= 0.6 is 11.3 Å². The van der Waals surface area contributed by atoms with Crippen LogP contribution < -0.4 is 24.4 Å². The number of nitrogens with one attached hydrogen (secondary N) is 2. The maximum absolute atomic E-state index is 13.5. The third-order valence-electron chi connectivity index (χ3n) is 8.84. The molecule has 3 aromatic carbocycles. The van der Waals surface area contributed by atoms with E-state index in [-0.39, 0.29) is 23.4 Å². The Hall–Kier alpha value is -4.37. The molecule has 3 heterocycles. The number of imidazole rings is 1. The molecular weight excluding hydrogens is 677 g/mol. The van der Waals surface area contributed by atoms with Gasteiger partial charge in [0.2, 0.25) is 15.9 Å². The quantitative estimate of drug-likeness (QED) is 0.157. The van der Waals surface area contributed by atoms with Crippen molar-refractivity contribution in [2.45, 2.75) is 46.2 Å². The number of ether oxygens (including phenoxy) is 3. The van der Waals surface area contributed by atoms with Gasteiger partial charge < -0.3 is 24.8 Å². The lowest BCUT2D eigenvalue weighted by Gasteiger charge is -2.28. The normalized spacial score (nSPS) is 14.2. The zero-order chi connectivity index (χ0) is 35.6. The van der Waals surface area contributed by atoms with Crippen LogP contribution in [0.1, 0.15) is 44.5 Å². The fourth-order valence-electron chi connectivity index (χ4n) is 5.85. The van der Waals surface area contributed by atoms with Crippen molar-refractivity contribution >= 4 is 53.9 Å². The van der Waals surface area contributed by atoms with Gasteiger partial charge in [0.05, 0.1) is 42.0 Å². The lowest BCUT2D eigenvalue weighted by molar-refractivity contribution is 0.0333. The molecule has 0 unspecified atom stereocenters. The summed E-state index contributed by atoms with van der Waals surface area (Å²) in [6.07, 6.45) is 0. The van der Waals surface area contributed by atoms with Gasteiger partial charge in [-0.25, -0.2) is 13.2 Å². The first-order valence-electron chi connectivity index (χ1n) is 16.6. The molecule has 14 heteroatoms. The number of methoxy groups -OCH3 is 1. The van der Waals surface area contributed by atoms with Crippen LogP contribution in [0.5, 0.6) is 17.4 Å².